The van der Waals surface area contributed by atoms with Gasteiger partial charge in [0.25, 0.3) is 0 Å². The number of aliphatic carboxylic acids is 2. The number of aliphatic hydroxyl groups excluding tert-OH is 2. The normalized spacial score (nSPS) is 15.9. The molecule has 23 N–H and O–H groups in total. The molecule has 1 saturated heterocycles. The highest BCUT2D eigenvalue weighted by Crippen LogP contribution is 2.16. The number of aromatic hydroxyl groups is 1. The quantitative estimate of drug-likeness (QED) is 0.0250. The van der Waals surface area contributed by atoms with E-state index in [4.69, 9.17) is 5.73 Å². The average Bonchev–Trinajstić information content (AvgIpc) is 0.974. The molecule has 0 radical (unpaired) electrons. The lowest BCUT2D eigenvalue weighted by Gasteiger charge is -2.29. The third-order valence-electron chi connectivity index (χ3n) is 17.6. The number of nitrogens with one attached hydrogen (secondary N) is 16. The lowest BCUT2D eigenvalue weighted by atomic mass is 9.96. The number of carbonyl (C=O) groups is 17. The van der Waals surface area contributed by atoms with Crippen LogP contribution >= 0.6 is 0 Å². The molecule has 2 heterocycles. The van der Waals surface area contributed by atoms with E-state index in [0.717, 1.165) is 6.92 Å². The van der Waals surface area contributed by atoms with E-state index in [9.17, 15) is 107 Å². The summed E-state index contributed by atoms with van der Waals surface area (Å²) in [5.74, 6) is -19.0. The molecule has 0 bridgehead atoms. The Morgan fingerprint density at radius 2 is 0.982 bits per heavy atom. The minimum atomic E-state index is -1.92. The van der Waals surface area contributed by atoms with Gasteiger partial charge in [0.1, 0.15) is 72.2 Å². The van der Waals surface area contributed by atoms with Crippen LogP contribution in [0, 0.1) is 17.8 Å². The highest BCUT2D eigenvalue weighted by molar-refractivity contribution is 6.00. The first-order chi connectivity index (χ1) is 52.9. The Morgan fingerprint density at radius 3 is 1.47 bits per heavy atom. The Bertz CT molecular complexity index is 3730. The third-order valence-corrected chi connectivity index (χ3v) is 17.6. The van der Waals surface area contributed by atoms with Crippen LogP contribution < -0.4 is 85.5 Å². The highest BCUT2D eigenvalue weighted by Gasteiger charge is 2.38. The van der Waals surface area contributed by atoms with Gasteiger partial charge in [-0.1, -0.05) is 90.4 Å². The second-order valence-electron chi connectivity index (χ2n) is 28.0. The molecule has 15 amide bonds. The van der Waals surface area contributed by atoms with Gasteiger partial charge in [-0.3, -0.25) is 81.5 Å². The number of hydrogen-bond donors (Lipinski definition) is 22. The van der Waals surface area contributed by atoms with Crippen molar-refractivity contribution in [3.8, 4) is 5.75 Å². The maximum Gasteiger partial charge on any atom is 0.325 e. The predicted molar refractivity (Wildman–Crippen MR) is 397 cm³/mol. The van der Waals surface area contributed by atoms with E-state index in [2.05, 4.69) is 89.7 Å². The summed E-state index contributed by atoms with van der Waals surface area (Å²) in [6.45, 7) is 9.43. The number of carboxylic acid groups (broad SMARTS) is 2. The zero-order valence-electron chi connectivity index (χ0n) is 63.6. The number of aliphatic hydroxyl groups is 2. The Kier molecular flexibility index (Phi) is 38.7. The Balaban J connectivity index is 1.41. The van der Waals surface area contributed by atoms with Gasteiger partial charge in [0, 0.05) is 37.6 Å². The van der Waals surface area contributed by atoms with Crippen molar-refractivity contribution in [3.05, 3.63) is 83.9 Å². The topological polar surface area (TPSA) is 626 Å². The van der Waals surface area contributed by atoms with Gasteiger partial charge >= 0.3 is 11.9 Å². The van der Waals surface area contributed by atoms with E-state index in [1.54, 1.807) is 65.0 Å². The maximum absolute atomic E-state index is 14.2. The number of benzene rings is 2. The molecular formula is C72H106N18O22. The first kappa shape index (κ1) is 92.7. The molecule has 1 aromatic heterocycles. The van der Waals surface area contributed by atoms with Crippen LogP contribution in [0.25, 0.3) is 0 Å². The van der Waals surface area contributed by atoms with E-state index in [1.165, 1.54) is 50.6 Å². The van der Waals surface area contributed by atoms with Gasteiger partial charge in [-0.25, -0.2) is 4.98 Å². The fourth-order valence-corrected chi connectivity index (χ4v) is 11.3. The minimum Gasteiger partial charge on any atom is -0.508 e. The second kappa shape index (κ2) is 46.7. The van der Waals surface area contributed by atoms with Crippen molar-refractivity contribution in [1.29, 1.82) is 0 Å². The number of hydrogen-bond acceptors (Lipinski definition) is 22. The number of imidazole rings is 1. The van der Waals surface area contributed by atoms with Gasteiger partial charge < -0.3 is 116 Å². The lowest BCUT2D eigenvalue weighted by Crippen LogP contribution is -2.62. The number of rotatable bonds is 48. The van der Waals surface area contributed by atoms with Crippen molar-refractivity contribution >= 4 is 101 Å². The number of aromatic nitrogens is 2. The van der Waals surface area contributed by atoms with Crippen LogP contribution in [0.4, 0.5) is 0 Å². The number of carboxylic acids is 2. The maximum atomic E-state index is 14.2. The number of nitrogens with zero attached hydrogens (tertiary/aromatic N) is 1. The minimum absolute atomic E-state index is 0.0386. The van der Waals surface area contributed by atoms with Crippen LogP contribution in [-0.4, -0.2) is 247 Å². The van der Waals surface area contributed by atoms with Gasteiger partial charge in [-0.05, 0) is 93.5 Å². The van der Waals surface area contributed by atoms with Gasteiger partial charge in [0.05, 0.1) is 51.1 Å². The Labute approximate surface area is 645 Å². The van der Waals surface area contributed by atoms with Crippen LogP contribution in [0.5, 0.6) is 5.75 Å². The number of aromatic amines is 1. The van der Waals surface area contributed by atoms with Crippen molar-refractivity contribution in [3.63, 3.8) is 0 Å². The summed E-state index contributed by atoms with van der Waals surface area (Å²) in [7, 11) is 0. The number of phenols is 1. The second-order valence-corrected chi connectivity index (χ2v) is 28.0. The number of amides is 15. The fraction of sp³-hybridized carbons (Fsp3) is 0.556. The summed E-state index contributed by atoms with van der Waals surface area (Å²) < 4.78 is 0. The van der Waals surface area contributed by atoms with Crippen LogP contribution in [0.2, 0.25) is 0 Å². The van der Waals surface area contributed by atoms with Crippen molar-refractivity contribution in [2.45, 2.75) is 205 Å². The first-order valence-electron chi connectivity index (χ1n) is 36.6. The number of nitrogens with two attached hydrogens (primary N) is 1. The fourth-order valence-electron chi connectivity index (χ4n) is 11.3. The van der Waals surface area contributed by atoms with Crippen molar-refractivity contribution in [1.82, 2.24) is 89.7 Å². The number of primary amides is 1. The van der Waals surface area contributed by atoms with Crippen molar-refractivity contribution in [2.75, 3.05) is 32.8 Å². The van der Waals surface area contributed by atoms with Crippen molar-refractivity contribution < 1.29 is 107 Å². The van der Waals surface area contributed by atoms with E-state index in [1.807, 2.05) is 0 Å². The summed E-state index contributed by atoms with van der Waals surface area (Å²) in [5.41, 5.74) is 6.81. The molecule has 0 aliphatic carbocycles. The van der Waals surface area contributed by atoms with Gasteiger partial charge in [0.15, 0.2) is 0 Å². The van der Waals surface area contributed by atoms with Crippen molar-refractivity contribution in [2.24, 2.45) is 23.5 Å². The molecule has 14 atom stereocenters. The highest BCUT2D eigenvalue weighted by atomic mass is 16.4. The smallest absolute Gasteiger partial charge is 0.325 e. The monoisotopic (exact) mass is 1570 g/mol. The molecule has 3 aromatic rings. The molecule has 112 heavy (non-hydrogen) atoms. The zero-order chi connectivity index (χ0) is 83.5. The molecule has 616 valence electrons. The van der Waals surface area contributed by atoms with Gasteiger partial charge in [-0.15, -0.1) is 0 Å². The van der Waals surface area contributed by atoms with E-state index in [0.29, 0.717) is 36.2 Å². The molecule has 14 unspecified atom stereocenters. The third kappa shape index (κ3) is 32.9. The molecular weight excluding hydrogens is 1470 g/mol. The lowest BCUT2D eigenvalue weighted by molar-refractivity contribution is -0.142. The summed E-state index contributed by atoms with van der Waals surface area (Å²) >= 11 is 0. The standard InChI is InChI=1S/C72H106N18O22/c1-9-38(6)59(89-64(103)46(21-22-54(73)94)84-69(108)52(29-58(98)99)87-68(107)50(27-42-17-19-44(93)20-18-42)85-63(102)45-16-13-23-75-45)71(110)90-60(40(8)92)70(109)78-33-57(97)81-47(24-36(2)3)66(105)86-51(28-43-30-74-35-79-43)61(100)76-31-55(95)82-48(25-37(4)5)67(106)88-53(34-91)62(101)77-32-56(96)83-49(26-41-14-11-10-12-15-41)65(104)80-39(7)72(111)112/h10-12,14-15,17-20,30,35-40,45-53,59-60,75,91-93H,9,13,16,21-29,31-34H2,1-8H3,(H2,73,94)(H,74,79)(H,76,100)(H,77,101)(H,78,109)(H,80,104)(H,81,97)(H,82,95)(H,83,96)(H,84,108)(H,85,102)(H,86,105)(H,87,107)(H,88,106)(H,89,103)(H,90,110)(H,98,99)(H,111,112). The van der Waals surface area contributed by atoms with Gasteiger partial charge in [0.2, 0.25) is 88.6 Å². The van der Waals surface area contributed by atoms with Crippen LogP contribution in [0.15, 0.2) is 67.1 Å². The summed E-state index contributed by atoms with van der Waals surface area (Å²) in [6.07, 6.45) is -0.505. The van der Waals surface area contributed by atoms with E-state index >= 15 is 0 Å². The summed E-state index contributed by atoms with van der Waals surface area (Å²) in [5, 5.41) is 86.8. The predicted octanol–water partition coefficient (Wildman–Crippen LogP) is -6.07. The number of H-pyrrole nitrogens is 1. The molecule has 2 aromatic carbocycles. The first-order valence-corrected chi connectivity index (χ1v) is 36.6. The largest absolute Gasteiger partial charge is 0.508 e. The summed E-state index contributed by atoms with van der Waals surface area (Å²) in [6, 6.07) is -3.65. The van der Waals surface area contributed by atoms with E-state index in [-0.39, 0.29) is 56.1 Å². The SMILES string of the molecule is CCC(C)C(NC(=O)C(CCC(N)=O)NC(=O)C(CC(=O)O)NC(=O)C(Cc1ccc(O)cc1)NC(=O)C1CCCN1)C(=O)NC(C(=O)NCC(=O)NC(CC(C)C)C(=O)NC(Cc1cnc[nH]1)C(=O)NCC(=O)NC(CC(C)C)C(=O)NC(CO)C(=O)NCC(=O)NC(Cc1ccccc1)C(=O)NC(C)C(=O)O)C(C)O. The average molecular weight is 1580 g/mol. The van der Waals surface area contributed by atoms with Crippen LogP contribution in [-0.2, 0) is 101 Å². The van der Waals surface area contributed by atoms with Crippen LogP contribution in [0.1, 0.15) is 124 Å². The summed E-state index contributed by atoms with van der Waals surface area (Å²) in [4.78, 5) is 234. The molecule has 1 aliphatic rings. The van der Waals surface area contributed by atoms with E-state index < -0.39 is 231 Å². The molecule has 1 aliphatic heterocycles. The van der Waals surface area contributed by atoms with Gasteiger partial charge in [-0.2, -0.15) is 0 Å². The number of phenolic OH excluding ortho intramolecular Hbond substituents is 1. The Morgan fingerprint density at radius 1 is 0.518 bits per heavy atom. The number of carbonyl (C=O) groups excluding carboxylic acids is 15. The Hall–Kier alpha value is -11.7. The molecule has 1 fully saturated rings. The molecule has 40 nitrogen and oxygen atoms in total. The zero-order valence-corrected chi connectivity index (χ0v) is 63.6. The molecule has 0 saturated carbocycles. The van der Waals surface area contributed by atoms with Crippen LogP contribution in [0.3, 0.4) is 0 Å². The molecule has 40 heteroatoms. The molecule has 0 spiro atoms. The molecule has 4 rings (SSSR count).